The zero-order chi connectivity index (χ0) is 16.3. The van der Waals surface area contributed by atoms with E-state index in [2.05, 4.69) is 23.4 Å². The van der Waals surface area contributed by atoms with E-state index in [9.17, 15) is 5.11 Å². The first kappa shape index (κ1) is 21.8. The summed E-state index contributed by atoms with van der Waals surface area (Å²) in [5.41, 5.74) is 7.82. The van der Waals surface area contributed by atoms with E-state index in [1.54, 1.807) is 0 Å². The molecule has 6 N–H and O–H groups in total. The Balaban J connectivity index is 3.09. The highest BCUT2D eigenvalue weighted by molar-refractivity contribution is 4.57. The molecule has 0 amide bonds. The van der Waals surface area contributed by atoms with Crippen LogP contribution in [0.1, 0.15) is 96.8 Å². The van der Waals surface area contributed by atoms with Gasteiger partial charge in [0.15, 0.2) is 0 Å². The van der Waals surface area contributed by atoms with Crippen molar-refractivity contribution in [3.05, 3.63) is 0 Å². The van der Waals surface area contributed by atoms with Crippen LogP contribution in [0, 0.1) is 0 Å². The molecule has 134 valence electrons. The summed E-state index contributed by atoms with van der Waals surface area (Å²) in [6, 6.07) is 0. The van der Waals surface area contributed by atoms with Gasteiger partial charge < -0.3 is 5.11 Å². The molecule has 22 heavy (non-hydrogen) atoms. The second-order valence-corrected chi connectivity index (χ2v) is 6.32. The van der Waals surface area contributed by atoms with Crippen LogP contribution in [-0.4, -0.2) is 17.8 Å². The molecule has 5 heteroatoms. The fraction of sp³-hybridized carbons (Fsp3) is 1.00. The Bertz CT molecular complexity index is 205. The topological polar surface area (TPSA) is 82.3 Å². The van der Waals surface area contributed by atoms with E-state index in [0.717, 1.165) is 32.2 Å². The van der Waals surface area contributed by atoms with Crippen LogP contribution < -0.4 is 22.3 Å². The Hall–Kier alpha value is -0.200. The average Bonchev–Trinajstić information content (AvgIpc) is 2.52. The van der Waals surface area contributed by atoms with Crippen molar-refractivity contribution in [3.8, 4) is 0 Å². The first-order chi connectivity index (χ1) is 10.8. The van der Waals surface area contributed by atoms with Gasteiger partial charge in [0.25, 0.3) is 0 Å². The lowest BCUT2D eigenvalue weighted by atomic mass is 10.0. The first-order valence-electron chi connectivity index (χ1n) is 9.42. The van der Waals surface area contributed by atoms with Crippen LogP contribution in [0.3, 0.4) is 0 Å². The Kier molecular flexibility index (Phi) is 18.7. The van der Waals surface area contributed by atoms with Crippen LogP contribution in [-0.2, 0) is 0 Å². The molecule has 1 unspecified atom stereocenters. The highest BCUT2D eigenvalue weighted by Crippen LogP contribution is 2.13. The Morgan fingerprint density at radius 2 is 1.27 bits per heavy atom. The van der Waals surface area contributed by atoms with Crippen LogP contribution in [0.25, 0.3) is 0 Å². The van der Waals surface area contributed by atoms with Crippen molar-refractivity contribution in [1.82, 2.24) is 16.5 Å². The molecule has 0 aliphatic carbocycles. The number of aliphatic hydroxyl groups excluding tert-OH is 1. The van der Waals surface area contributed by atoms with E-state index in [-0.39, 0.29) is 6.10 Å². The summed E-state index contributed by atoms with van der Waals surface area (Å²) >= 11 is 0. The molecule has 0 saturated heterocycles. The van der Waals surface area contributed by atoms with Gasteiger partial charge in [-0.2, -0.15) is 11.1 Å². The van der Waals surface area contributed by atoms with E-state index in [1.807, 2.05) is 0 Å². The lowest BCUT2D eigenvalue weighted by Crippen LogP contribution is -2.47. The summed E-state index contributed by atoms with van der Waals surface area (Å²) in [5.74, 6) is 5.05. The number of unbranched alkanes of at least 4 members (excludes halogenated alkanes) is 10. The average molecular weight is 317 g/mol. The van der Waals surface area contributed by atoms with Crippen LogP contribution in [0.15, 0.2) is 0 Å². The van der Waals surface area contributed by atoms with Crippen molar-refractivity contribution in [2.75, 3.05) is 6.54 Å². The number of hydrogen-bond acceptors (Lipinski definition) is 5. The normalized spacial score (nSPS) is 12.7. The van der Waals surface area contributed by atoms with Gasteiger partial charge in [0.1, 0.15) is 0 Å². The molecular formula is C17H40N4O. The van der Waals surface area contributed by atoms with Crippen molar-refractivity contribution in [3.63, 3.8) is 0 Å². The second-order valence-electron chi connectivity index (χ2n) is 6.32. The fourth-order valence-corrected chi connectivity index (χ4v) is 2.73. The molecule has 1 atom stereocenters. The molecule has 0 aliphatic rings. The molecule has 0 radical (unpaired) electrons. The van der Waals surface area contributed by atoms with Gasteiger partial charge in [-0.05, 0) is 19.3 Å². The largest absolute Gasteiger partial charge is 0.393 e. The van der Waals surface area contributed by atoms with Gasteiger partial charge in [0.2, 0.25) is 0 Å². The SMILES string of the molecule is CCCCCCCCCCCCCC(O)CCCNNNN. The monoisotopic (exact) mass is 316 g/mol. The maximum Gasteiger partial charge on any atom is 0.0540 e. The lowest BCUT2D eigenvalue weighted by molar-refractivity contribution is 0.147. The van der Waals surface area contributed by atoms with Crippen molar-refractivity contribution in [1.29, 1.82) is 0 Å². The van der Waals surface area contributed by atoms with E-state index in [1.165, 1.54) is 64.2 Å². The van der Waals surface area contributed by atoms with Crippen LogP contribution >= 0.6 is 0 Å². The maximum absolute atomic E-state index is 9.86. The van der Waals surface area contributed by atoms with Crippen LogP contribution in [0.4, 0.5) is 0 Å². The summed E-state index contributed by atoms with van der Waals surface area (Å²) in [5, 5.41) is 9.86. The molecule has 0 saturated carbocycles. The van der Waals surface area contributed by atoms with E-state index < -0.39 is 0 Å². The molecule has 0 aromatic carbocycles. The number of hydrogen-bond donors (Lipinski definition) is 5. The highest BCUT2D eigenvalue weighted by Gasteiger charge is 2.03. The molecule has 0 fully saturated rings. The zero-order valence-corrected chi connectivity index (χ0v) is 14.7. The summed E-state index contributed by atoms with van der Waals surface area (Å²) in [4.78, 5) is 0. The minimum atomic E-state index is -0.147. The standard InChI is InChI=1S/C17H40N4O/c1-2-3-4-5-6-7-8-9-10-11-12-14-17(22)15-13-16-19-21-20-18/h17,19-22H,2-16,18H2,1H3. The van der Waals surface area contributed by atoms with Crippen molar-refractivity contribution in [2.45, 2.75) is 103 Å². The number of nitrogens with two attached hydrogens (primary N) is 1. The van der Waals surface area contributed by atoms with Gasteiger partial charge in [-0.25, -0.2) is 5.43 Å². The van der Waals surface area contributed by atoms with Gasteiger partial charge in [0.05, 0.1) is 6.10 Å². The van der Waals surface area contributed by atoms with Gasteiger partial charge in [-0.3, -0.25) is 5.84 Å². The second kappa shape index (κ2) is 18.8. The maximum atomic E-state index is 9.86. The van der Waals surface area contributed by atoms with Crippen LogP contribution in [0.2, 0.25) is 0 Å². The number of nitrogens with one attached hydrogen (secondary N) is 3. The highest BCUT2D eigenvalue weighted by atomic mass is 16.3. The molecule has 0 aromatic heterocycles. The molecular weight excluding hydrogens is 276 g/mol. The predicted octanol–water partition coefficient (Wildman–Crippen LogP) is 3.30. The minimum Gasteiger partial charge on any atom is -0.393 e. The molecule has 0 bridgehead atoms. The molecule has 0 heterocycles. The minimum absolute atomic E-state index is 0.147. The fourth-order valence-electron chi connectivity index (χ4n) is 2.73. The molecule has 0 spiro atoms. The van der Waals surface area contributed by atoms with Crippen molar-refractivity contribution < 1.29 is 5.11 Å². The molecule has 0 aromatic rings. The number of rotatable bonds is 18. The van der Waals surface area contributed by atoms with Crippen molar-refractivity contribution >= 4 is 0 Å². The summed E-state index contributed by atoms with van der Waals surface area (Å²) in [7, 11) is 0. The summed E-state index contributed by atoms with van der Waals surface area (Å²) in [6.45, 7) is 3.07. The van der Waals surface area contributed by atoms with E-state index in [4.69, 9.17) is 5.84 Å². The smallest absolute Gasteiger partial charge is 0.0540 e. The van der Waals surface area contributed by atoms with Gasteiger partial charge >= 0.3 is 0 Å². The Morgan fingerprint density at radius 3 is 1.82 bits per heavy atom. The van der Waals surface area contributed by atoms with Gasteiger partial charge in [0, 0.05) is 6.54 Å². The summed E-state index contributed by atoms with van der Waals surface area (Å²) < 4.78 is 0. The Morgan fingerprint density at radius 1 is 0.773 bits per heavy atom. The van der Waals surface area contributed by atoms with Gasteiger partial charge in [-0.15, -0.1) is 0 Å². The number of hydrazine groups is 3. The Labute approximate surface area is 137 Å². The molecule has 5 nitrogen and oxygen atoms in total. The predicted molar refractivity (Wildman–Crippen MR) is 94.8 cm³/mol. The molecule has 0 rings (SSSR count). The van der Waals surface area contributed by atoms with Gasteiger partial charge in [-0.1, -0.05) is 77.6 Å². The zero-order valence-electron chi connectivity index (χ0n) is 14.7. The first-order valence-corrected chi connectivity index (χ1v) is 9.42. The summed E-state index contributed by atoms with van der Waals surface area (Å²) in [6.07, 6.45) is 17.5. The third kappa shape index (κ3) is 17.9. The van der Waals surface area contributed by atoms with E-state index in [0.29, 0.717) is 0 Å². The molecule has 0 aliphatic heterocycles. The lowest BCUT2D eigenvalue weighted by Gasteiger charge is -2.11. The third-order valence-electron chi connectivity index (χ3n) is 4.14. The van der Waals surface area contributed by atoms with Crippen LogP contribution in [0.5, 0.6) is 0 Å². The van der Waals surface area contributed by atoms with Crippen molar-refractivity contribution in [2.24, 2.45) is 5.84 Å². The third-order valence-corrected chi connectivity index (χ3v) is 4.14. The van der Waals surface area contributed by atoms with E-state index >= 15 is 0 Å². The quantitative estimate of drug-likeness (QED) is 0.152. The number of aliphatic hydroxyl groups is 1.